The summed E-state index contributed by atoms with van der Waals surface area (Å²) in [6.45, 7) is 2.32. The summed E-state index contributed by atoms with van der Waals surface area (Å²) in [6.07, 6.45) is 0.720. The highest BCUT2D eigenvalue weighted by Crippen LogP contribution is 2.19. The number of rotatable bonds is 6. The van der Waals surface area contributed by atoms with Crippen LogP contribution in [0.25, 0.3) is 0 Å². The zero-order chi connectivity index (χ0) is 12.8. The average molecular weight is 246 g/mol. The molecule has 0 amide bonds. The Hall–Kier alpha value is -1.47. The summed E-state index contributed by atoms with van der Waals surface area (Å²) < 4.78 is 31.5. The SMILES string of the molecule is CCC(COC)Nc1nc(NN)c(F)cc1F. The van der Waals surface area contributed by atoms with Crippen LogP contribution in [0.1, 0.15) is 13.3 Å². The van der Waals surface area contributed by atoms with Crippen molar-refractivity contribution in [3.63, 3.8) is 0 Å². The second-order valence-electron chi connectivity index (χ2n) is 3.50. The normalized spacial score (nSPS) is 12.3. The number of hydrogen-bond donors (Lipinski definition) is 3. The zero-order valence-corrected chi connectivity index (χ0v) is 9.76. The molecule has 0 saturated heterocycles. The number of aromatic nitrogens is 1. The van der Waals surface area contributed by atoms with Crippen molar-refractivity contribution in [2.45, 2.75) is 19.4 Å². The van der Waals surface area contributed by atoms with Crippen LogP contribution in [-0.2, 0) is 4.74 Å². The number of hydrazine groups is 1. The Morgan fingerprint density at radius 1 is 1.41 bits per heavy atom. The van der Waals surface area contributed by atoms with Gasteiger partial charge in [0.1, 0.15) is 0 Å². The van der Waals surface area contributed by atoms with Crippen LogP contribution >= 0.6 is 0 Å². The molecule has 0 fully saturated rings. The number of nitrogens with zero attached hydrogens (tertiary/aromatic N) is 1. The lowest BCUT2D eigenvalue weighted by Gasteiger charge is -2.17. The van der Waals surface area contributed by atoms with Gasteiger partial charge >= 0.3 is 0 Å². The lowest BCUT2D eigenvalue weighted by Crippen LogP contribution is -2.25. The third-order valence-corrected chi connectivity index (χ3v) is 2.27. The largest absolute Gasteiger partial charge is 0.383 e. The van der Waals surface area contributed by atoms with E-state index in [1.54, 1.807) is 7.11 Å². The van der Waals surface area contributed by atoms with Crippen LogP contribution in [-0.4, -0.2) is 24.7 Å². The molecule has 1 aromatic rings. The van der Waals surface area contributed by atoms with E-state index < -0.39 is 11.6 Å². The van der Waals surface area contributed by atoms with E-state index in [0.29, 0.717) is 6.61 Å². The molecule has 1 unspecified atom stereocenters. The van der Waals surface area contributed by atoms with Crippen LogP contribution in [0.5, 0.6) is 0 Å². The molecule has 0 saturated carbocycles. The first-order chi connectivity index (χ1) is 8.12. The first kappa shape index (κ1) is 13.6. The van der Waals surface area contributed by atoms with Crippen LogP contribution in [0, 0.1) is 11.6 Å². The standard InChI is InChI=1S/C10H16F2N4O/c1-3-6(5-17-2)14-9-7(11)4-8(12)10(15-9)16-13/h4,6H,3,5,13H2,1-2H3,(H2,14,15,16). The molecule has 0 bridgehead atoms. The number of nitrogen functional groups attached to an aromatic ring is 1. The van der Waals surface area contributed by atoms with E-state index in [-0.39, 0.29) is 17.7 Å². The third kappa shape index (κ3) is 3.50. The molecule has 0 spiro atoms. The van der Waals surface area contributed by atoms with Gasteiger partial charge in [-0.05, 0) is 6.42 Å². The summed E-state index contributed by atoms with van der Waals surface area (Å²) >= 11 is 0. The van der Waals surface area contributed by atoms with Crippen molar-refractivity contribution in [3.05, 3.63) is 17.7 Å². The van der Waals surface area contributed by atoms with Crippen molar-refractivity contribution in [2.75, 3.05) is 24.5 Å². The van der Waals surface area contributed by atoms with Gasteiger partial charge in [0.25, 0.3) is 0 Å². The summed E-state index contributed by atoms with van der Waals surface area (Å²) in [5, 5.41) is 2.83. The Bertz CT molecular complexity index is 376. The molecule has 0 aromatic carbocycles. The first-order valence-corrected chi connectivity index (χ1v) is 5.20. The van der Waals surface area contributed by atoms with Gasteiger partial charge in [0.05, 0.1) is 12.6 Å². The molecule has 4 N–H and O–H groups in total. The van der Waals surface area contributed by atoms with Gasteiger partial charge in [-0.15, -0.1) is 0 Å². The van der Waals surface area contributed by atoms with Crippen molar-refractivity contribution < 1.29 is 13.5 Å². The van der Waals surface area contributed by atoms with Crippen LogP contribution < -0.4 is 16.6 Å². The van der Waals surface area contributed by atoms with E-state index in [2.05, 4.69) is 15.7 Å². The second kappa shape index (κ2) is 6.31. The first-order valence-electron chi connectivity index (χ1n) is 5.20. The van der Waals surface area contributed by atoms with E-state index in [1.165, 1.54) is 0 Å². The van der Waals surface area contributed by atoms with E-state index in [0.717, 1.165) is 12.5 Å². The van der Waals surface area contributed by atoms with Gasteiger partial charge in [0.2, 0.25) is 0 Å². The van der Waals surface area contributed by atoms with Crippen LogP contribution in [0.15, 0.2) is 6.07 Å². The molecule has 1 heterocycles. The summed E-state index contributed by atoms with van der Waals surface area (Å²) in [7, 11) is 1.55. The molecule has 0 aliphatic carbocycles. The lowest BCUT2D eigenvalue weighted by molar-refractivity contribution is 0.184. The van der Waals surface area contributed by atoms with Crippen LogP contribution in [0.2, 0.25) is 0 Å². The number of halogens is 2. The molecule has 1 rings (SSSR count). The van der Waals surface area contributed by atoms with Gasteiger partial charge in [0.15, 0.2) is 23.3 Å². The highest BCUT2D eigenvalue weighted by Gasteiger charge is 2.14. The van der Waals surface area contributed by atoms with Crippen molar-refractivity contribution in [3.8, 4) is 0 Å². The predicted octanol–water partition coefficient (Wildman–Crippen LogP) is 1.48. The Morgan fingerprint density at radius 2 is 2.06 bits per heavy atom. The zero-order valence-electron chi connectivity index (χ0n) is 9.76. The summed E-state index contributed by atoms with van der Waals surface area (Å²) in [5.41, 5.74) is 2.06. The van der Waals surface area contributed by atoms with Gasteiger partial charge in [-0.2, -0.15) is 0 Å². The number of ether oxygens (including phenoxy) is 1. The van der Waals surface area contributed by atoms with Crippen molar-refractivity contribution in [1.82, 2.24) is 4.98 Å². The second-order valence-corrected chi connectivity index (χ2v) is 3.50. The van der Waals surface area contributed by atoms with Crippen molar-refractivity contribution in [2.24, 2.45) is 5.84 Å². The molecule has 17 heavy (non-hydrogen) atoms. The van der Waals surface area contributed by atoms with E-state index in [4.69, 9.17) is 10.6 Å². The molecule has 0 aliphatic heterocycles. The van der Waals surface area contributed by atoms with Gasteiger partial charge in [-0.25, -0.2) is 19.6 Å². The van der Waals surface area contributed by atoms with Crippen molar-refractivity contribution >= 4 is 11.6 Å². The van der Waals surface area contributed by atoms with Gasteiger partial charge in [-0.1, -0.05) is 6.92 Å². The third-order valence-electron chi connectivity index (χ3n) is 2.27. The fourth-order valence-electron chi connectivity index (χ4n) is 1.33. The Kier molecular flexibility index (Phi) is 5.05. The predicted molar refractivity (Wildman–Crippen MR) is 61.5 cm³/mol. The number of pyridine rings is 1. The number of nitrogens with one attached hydrogen (secondary N) is 2. The fourth-order valence-corrected chi connectivity index (χ4v) is 1.33. The smallest absolute Gasteiger partial charge is 0.178 e. The highest BCUT2D eigenvalue weighted by atomic mass is 19.1. The molecule has 96 valence electrons. The fraction of sp³-hybridized carbons (Fsp3) is 0.500. The number of hydrogen-bond acceptors (Lipinski definition) is 5. The summed E-state index contributed by atoms with van der Waals surface area (Å²) in [5.74, 6) is 3.20. The van der Waals surface area contributed by atoms with Crippen molar-refractivity contribution in [1.29, 1.82) is 0 Å². The summed E-state index contributed by atoms with van der Waals surface area (Å²) in [4.78, 5) is 3.71. The number of anilines is 2. The maximum absolute atomic E-state index is 13.4. The minimum absolute atomic E-state index is 0.0525. The Labute approximate surface area is 98.3 Å². The minimum atomic E-state index is -0.838. The minimum Gasteiger partial charge on any atom is -0.383 e. The Morgan fingerprint density at radius 3 is 2.59 bits per heavy atom. The molecular weight excluding hydrogens is 230 g/mol. The molecule has 1 aromatic heterocycles. The molecular formula is C10H16F2N4O. The van der Waals surface area contributed by atoms with Gasteiger partial charge in [-0.3, -0.25) is 0 Å². The van der Waals surface area contributed by atoms with Gasteiger partial charge < -0.3 is 15.5 Å². The molecule has 5 nitrogen and oxygen atoms in total. The molecule has 1 atom stereocenters. The Balaban J connectivity index is 2.89. The maximum Gasteiger partial charge on any atom is 0.178 e. The van der Waals surface area contributed by atoms with E-state index in [9.17, 15) is 8.78 Å². The maximum atomic E-state index is 13.4. The quantitative estimate of drug-likeness (QED) is 0.524. The van der Waals surface area contributed by atoms with Gasteiger partial charge in [0, 0.05) is 13.2 Å². The van der Waals surface area contributed by atoms with Crippen LogP contribution in [0.4, 0.5) is 20.4 Å². The molecule has 7 heteroatoms. The summed E-state index contributed by atoms with van der Waals surface area (Å²) in [6, 6.07) is 0.627. The monoisotopic (exact) mass is 246 g/mol. The van der Waals surface area contributed by atoms with E-state index >= 15 is 0 Å². The van der Waals surface area contributed by atoms with E-state index in [1.807, 2.05) is 6.92 Å². The highest BCUT2D eigenvalue weighted by molar-refractivity contribution is 5.47. The van der Waals surface area contributed by atoms with Crippen LogP contribution in [0.3, 0.4) is 0 Å². The lowest BCUT2D eigenvalue weighted by atomic mass is 10.2. The molecule has 0 aliphatic rings. The molecule has 0 radical (unpaired) electrons. The number of methoxy groups -OCH3 is 1. The number of nitrogens with two attached hydrogens (primary N) is 1. The average Bonchev–Trinajstić information content (AvgIpc) is 2.31. The topological polar surface area (TPSA) is 72.2 Å².